The van der Waals surface area contributed by atoms with E-state index in [2.05, 4.69) is 10.3 Å². The first-order valence-electron chi connectivity index (χ1n) is 4.21. The normalized spacial score (nSPS) is 20.8. The Hall–Kier alpha value is -1.19. The van der Waals surface area contributed by atoms with E-state index in [1.54, 1.807) is 18.3 Å². The summed E-state index contributed by atoms with van der Waals surface area (Å²) in [6.45, 7) is 0. The van der Waals surface area contributed by atoms with E-state index in [0.717, 1.165) is 0 Å². The average molecular weight is 184 g/mol. The topological polar surface area (TPSA) is 24.9 Å². The van der Waals surface area contributed by atoms with Gasteiger partial charge in [-0.2, -0.15) is 0 Å². The van der Waals surface area contributed by atoms with Crippen molar-refractivity contribution >= 4 is 5.82 Å². The highest BCUT2D eigenvalue weighted by molar-refractivity contribution is 5.35. The van der Waals surface area contributed by atoms with Gasteiger partial charge in [0.25, 0.3) is 5.92 Å². The number of nitrogens with zero attached hydrogens (tertiary/aromatic N) is 1. The molecule has 0 aromatic carbocycles. The van der Waals surface area contributed by atoms with Crippen molar-refractivity contribution in [1.82, 2.24) is 4.98 Å². The van der Waals surface area contributed by atoms with Gasteiger partial charge in [0.05, 0.1) is 0 Å². The van der Waals surface area contributed by atoms with Gasteiger partial charge in [-0.3, -0.25) is 0 Å². The molecule has 0 spiro atoms. The number of pyridine rings is 1. The fourth-order valence-electron chi connectivity index (χ4n) is 1.42. The molecule has 0 atom stereocenters. The maximum absolute atomic E-state index is 12.4. The summed E-state index contributed by atoms with van der Waals surface area (Å²) in [5.41, 5.74) is 0. The molecule has 0 saturated heterocycles. The zero-order chi connectivity index (χ0) is 9.31. The molecular formula is C9H10F2N2. The third-order valence-corrected chi connectivity index (χ3v) is 2.11. The molecule has 1 aliphatic carbocycles. The molecule has 1 N–H and O–H groups in total. The number of hydrogen-bond acceptors (Lipinski definition) is 2. The minimum atomic E-state index is -2.47. The van der Waals surface area contributed by atoms with Crippen molar-refractivity contribution in [1.29, 1.82) is 0 Å². The van der Waals surface area contributed by atoms with Crippen molar-refractivity contribution in [2.24, 2.45) is 0 Å². The number of halogens is 2. The van der Waals surface area contributed by atoms with Crippen LogP contribution in [0, 0.1) is 0 Å². The van der Waals surface area contributed by atoms with Gasteiger partial charge >= 0.3 is 0 Å². The van der Waals surface area contributed by atoms with Crippen LogP contribution >= 0.6 is 0 Å². The van der Waals surface area contributed by atoms with E-state index in [1.165, 1.54) is 0 Å². The summed E-state index contributed by atoms with van der Waals surface area (Å²) in [5, 5.41) is 2.94. The van der Waals surface area contributed by atoms with Gasteiger partial charge < -0.3 is 5.32 Å². The SMILES string of the molecule is FC1(F)CC(Nc2ccccn2)C1. The number of anilines is 1. The van der Waals surface area contributed by atoms with Gasteiger partial charge in [-0.25, -0.2) is 13.8 Å². The molecule has 1 aromatic rings. The Morgan fingerprint density at radius 2 is 2.15 bits per heavy atom. The number of rotatable bonds is 2. The second-order valence-corrected chi connectivity index (χ2v) is 3.32. The largest absolute Gasteiger partial charge is 0.367 e. The lowest BCUT2D eigenvalue weighted by atomic mass is 9.88. The molecule has 0 unspecified atom stereocenters. The van der Waals surface area contributed by atoms with Crippen LogP contribution in [0.5, 0.6) is 0 Å². The summed E-state index contributed by atoms with van der Waals surface area (Å²) < 4.78 is 24.9. The molecule has 0 radical (unpaired) electrons. The minimum absolute atomic E-state index is 0.0798. The summed E-state index contributed by atoms with van der Waals surface area (Å²) in [4.78, 5) is 3.99. The van der Waals surface area contributed by atoms with Crippen molar-refractivity contribution in [2.75, 3.05) is 5.32 Å². The number of hydrogen-bond donors (Lipinski definition) is 1. The monoisotopic (exact) mass is 184 g/mol. The molecule has 1 saturated carbocycles. The van der Waals surface area contributed by atoms with Gasteiger partial charge in [0.1, 0.15) is 5.82 Å². The Morgan fingerprint density at radius 3 is 2.69 bits per heavy atom. The quantitative estimate of drug-likeness (QED) is 0.762. The van der Waals surface area contributed by atoms with Crippen LogP contribution in [0.1, 0.15) is 12.8 Å². The Kier molecular flexibility index (Phi) is 1.90. The van der Waals surface area contributed by atoms with Crippen molar-refractivity contribution in [2.45, 2.75) is 24.8 Å². The molecule has 1 aromatic heterocycles. The average Bonchev–Trinajstić information content (AvgIpc) is 2.03. The van der Waals surface area contributed by atoms with Crippen LogP contribution in [0.15, 0.2) is 24.4 Å². The summed E-state index contributed by atoms with van der Waals surface area (Å²) >= 11 is 0. The van der Waals surface area contributed by atoms with Gasteiger partial charge in [0.2, 0.25) is 0 Å². The summed E-state index contributed by atoms with van der Waals surface area (Å²) in [6, 6.07) is 5.27. The van der Waals surface area contributed by atoms with E-state index in [1.807, 2.05) is 6.07 Å². The minimum Gasteiger partial charge on any atom is -0.367 e. The first-order valence-corrected chi connectivity index (χ1v) is 4.21. The zero-order valence-corrected chi connectivity index (χ0v) is 7.00. The Morgan fingerprint density at radius 1 is 1.38 bits per heavy atom. The van der Waals surface area contributed by atoms with Crippen molar-refractivity contribution in [3.63, 3.8) is 0 Å². The molecule has 70 valence electrons. The third-order valence-electron chi connectivity index (χ3n) is 2.11. The van der Waals surface area contributed by atoms with Crippen molar-refractivity contribution in [3.05, 3.63) is 24.4 Å². The highest BCUT2D eigenvalue weighted by Gasteiger charge is 2.45. The predicted molar refractivity (Wildman–Crippen MR) is 45.8 cm³/mol. The van der Waals surface area contributed by atoms with Crippen LogP contribution < -0.4 is 5.32 Å². The van der Waals surface area contributed by atoms with Crippen LogP contribution in [0.2, 0.25) is 0 Å². The van der Waals surface area contributed by atoms with Gasteiger partial charge in [0, 0.05) is 25.1 Å². The molecule has 2 rings (SSSR count). The number of aromatic nitrogens is 1. The molecule has 0 bridgehead atoms. The number of nitrogens with one attached hydrogen (secondary N) is 1. The lowest BCUT2D eigenvalue weighted by Crippen LogP contribution is -2.44. The number of alkyl halides is 2. The Bertz CT molecular complexity index is 279. The standard InChI is InChI=1S/C9H10F2N2/c10-9(11)5-7(6-9)13-8-3-1-2-4-12-8/h1-4,7H,5-6H2,(H,12,13). The molecule has 0 aliphatic heterocycles. The molecule has 13 heavy (non-hydrogen) atoms. The molecule has 0 amide bonds. The Balaban J connectivity index is 1.88. The maximum atomic E-state index is 12.4. The van der Waals surface area contributed by atoms with Crippen LogP contribution in [0.25, 0.3) is 0 Å². The summed E-state index contributed by atoms with van der Waals surface area (Å²) in [7, 11) is 0. The molecule has 2 nitrogen and oxygen atoms in total. The fourth-order valence-corrected chi connectivity index (χ4v) is 1.42. The van der Waals surface area contributed by atoms with Crippen LogP contribution in [0.4, 0.5) is 14.6 Å². The zero-order valence-electron chi connectivity index (χ0n) is 7.00. The second-order valence-electron chi connectivity index (χ2n) is 3.32. The van der Waals surface area contributed by atoms with Crippen molar-refractivity contribution < 1.29 is 8.78 Å². The molecule has 4 heteroatoms. The van der Waals surface area contributed by atoms with Gasteiger partial charge in [0.15, 0.2) is 0 Å². The second kappa shape index (κ2) is 2.94. The summed E-state index contributed by atoms with van der Waals surface area (Å²) in [6.07, 6.45) is 1.48. The first-order chi connectivity index (χ1) is 6.16. The van der Waals surface area contributed by atoms with E-state index in [4.69, 9.17) is 0 Å². The van der Waals surface area contributed by atoms with Crippen LogP contribution in [-0.2, 0) is 0 Å². The first kappa shape index (κ1) is 8.41. The maximum Gasteiger partial charge on any atom is 0.252 e. The smallest absolute Gasteiger partial charge is 0.252 e. The van der Waals surface area contributed by atoms with Crippen LogP contribution in [0.3, 0.4) is 0 Å². The van der Waals surface area contributed by atoms with Crippen molar-refractivity contribution in [3.8, 4) is 0 Å². The highest BCUT2D eigenvalue weighted by atomic mass is 19.3. The van der Waals surface area contributed by atoms with E-state index in [-0.39, 0.29) is 18.9 Å². The van der Waals surface area contributed by atoms with Crippen LogP contribution in [-0.4, -0.2) is 16.9 Å². The molecular weight excluding hydrogens is 174 g/mol. The van der Waals surface area contributed by atoms with Gasteiger partial charge in [-0.15, -0.1) is 0 Å². The predicted octanol–water partition coefficient (Wildman–Crippen LogP) is 2.29. The molecule has 1 fully saturated rings. The lowest BCUT2D eigenvalue weighted by molar-refractivity contribution is -0.0794. The van der Waals surface area contributed by atoms with Gasteiger partial charge in [-0.1, -0.05) is 6.07 Å². The third kappa shape index (κ3) is 1.94. The van der Waals surface area contributed by atoms with Gasteiger partial charge in [-0.05, 0) is 12.1 Å². The van der Waals surface area contributed by atoms with E-state index < -0.39 is 5.92 Å². The highest BCUT2D eigenvalue weighted by Crippen LogP contribution is 2.38. The van der Waals surface area contributed by atoms with E-state index in [9.17, 15) is 8.78 Å². The summed E-state index contributed by atoms with van der Waals surface area (Å²) in [5.74, 6) is -1.80. The lowest BCUT2D eigenvalue weighted by Gasteiger charge is -2.35. The Labute approximate surface area is 75.0 Å². The van der Waals surface area contributed by atoms with E-state index in [0.29, 0.717) is 5.82 Å². The molecule has 1 aliphatic rings. The fraction of sp³-hybridized carbons (Fsp3) is 0.444. The van der Waals surface area contributed by atoms with E-state index >= 15 is 0 Å². The molecule has 1 heterocycles.